The summed E-state index contributed by atoms with van der Waals surface area (Å²) in [7, 11) is 1.59. The number of nitrogens with zero attached hydrogens (tertiary/aromatic N) is 2. The lowest BCUT2D eigenvalue weighted by Gasteiger charge is -2.41. The number of hydrogen-bond acceptors (Lipinski definition) is 6. The minimum Gasteiger partial charge on any atom is -0.496 e. The second kappa shape index (κ2) is 11.0. The van der Waals surface area contributed by atoms with Crippen LogP contribution in [0.1, 0.15) is 50.6 Å². The van der Waals surface area contributed by atoms with Gasteiger partial charge in [-0.3, -0.25) is 4.90 Å². The summed E-state index contributed by atoms with van der Waals surface area (Å²) in [6.45, 7) is 6.89. The third-order valence-electron chi connectivity index (χ3n) is 6.94. The first-order valence-corrected chi connectivity index (χ1v) is 12.2. The number of para-hydroxylation sites is 1. The molecule has 0 aliphatic carbocycles. The molecule has 2 amide bonds. The third-order valence-corrected chi connectivity index (χ3v) is 6.94. The molecule has 3 aliphatic heterocycles. The molecule has 2 fully saturated rings. The fraction of sp³-hybridized carbons (Fsp3) is 0.600. The van der Waals surface area contributed by atoms with Crippen molar-refractivity contribution in [2.24, 2.45) is 0 Å². The third kappa shape index (κ3) is 5.50. The molecule has 0 spiro atoms. The highest BCUT2D eigenvalue weighted by molar-refractivity contribution is 5.95. The molecule has 2 N–H and O–H groups in total. The van der Waals surface area contributed by atoms with Crippen LogP contribution in [-0.2, 0) is 9.53 Å². The minimum absolute atomic E-state index is 0.267. The van der Waals surface area contributed by atoms with Crippen LogP contribution in [0, 0.1) is 0 Å². The zero-order valence-corrected chi connectivity index (χ0v) is 19.8. The zero-order valence-electron chi connectivity index (χ0n) is 19.8. The zero-order chi connectivity index (χ0) is 23.2. The minimum atomic E-state index is -0.630. The normalized spacial score (nSPS) is 23.1. The predicted octanol–water partition coefficient (Wildman–Crippen LogP) is 2.82. The first-order chi connectivity index (χ1) is 16.1. The monoisotopic (exact) mass is 456 g/mol. The number of likely N-dealkylation sites (tertiary alicyclic amines) is 2. The van der Waals surface area contributed by atoms with Crippen molar-refractivity contribution >= 4 is 12.0 Å². The molecule has 2 saturated heterocycles. The maximum atomic E-state index is 13.1. The molecule has 3 aliphatic rings. The topological polar surface area (TPSA) is 83.1 Å². The Hall–Kier alpha value is -2.58. The quantitative estimate of drug-likeness (QED) is 0.614. The largest absolute Gasteiger partial charge is 0.496 e. The number of methoxy groups -OCH3 is 1. The number of piperidine rings is 2. The Morgan fingerprint density at radius 2 is 1.82 bits per heavy atom. The molecule has 1 atom stereocenters. The molecule has 3 heterocycles. The van der Waals surface area contributed by atoms with Crippen molar-refractivity contribution < 1.29 is 19.1 Å². The molecule has 33 heavy (non-hydrogen) atoms. The molecule has 0 aromatic heterocycles. The number of rotatable bonds is 7. The van der Waals surface area contributed by atoms with Crippen molar-refractivity contribution in [2.75, 3.05) is 46.4 Å². The van der Waals surface area contributed by atoms with E-state index >= 15 is 0 Å². The van der Waals surface area contributed by atoms with Gasteiger partial charge in [-0.15, -0.1) is 0 Å². The summed E-state index contributed by atoms with van der Waals surface area (Å²) in [5, 5.41) is 5.80. The van der Waals surface area contributed by atoms with Crippen molar-refractivity contribution in [1.29, 1.82) is 0 Å². The summed E-state index contributed by atoms with van der Waals surface area (Å²) < 4.78 is 10.9. The Morgan fingerprint density at radius 3 is 2.52 bits per heavy atom. The number of nitrogens with one attached hydrogen (secondary N) is 2. The van der Waals surface area contributed by atoms with Gasteiger partial charge in [-0.25, -0.2) is 9.59 Å². The second-order valence-electron chi connectivity index (χ2n) is 8.99. The van der Waals surface area contributed by atoms with Gasteiger partial charge in [-0.05, 0) is 51.8 Å². The van der Waals surface area contributed by atoms with Gasteiger partial charge in [0.1, 0.15) is 5.75 Å². The highest BCUT2D eigenvalue weighted by Crippen LogP contribution is 2.34. The lowest BCUT2D eigenvalue weighted by molar-refractivity contribution is -0.139. The lowest BCUT2D eigenvalue weighted by Crippen LogP contribution is -2.51. The number of ether oxygens (including phenoxy) is 2. The Balaban J connectivity index is 1.55. The maximum absolute atomic E-state index is 13.1. The fourth-order valence-corrected chi connectivity index (χ4v) is 5.28. The summed E-state index contributed by atoms with van der Waals surface area (Å²) in [6, 6.07) is 7.13. The molecule has 1 aromatic rings. The highest BCUT2D eigenvalue weighted by Gasteiger charge is 2.36. The van der Waals surface area contributed by atoms with Crippen LogP contribution in [0.25, 0.3) is 0 Å². The second-order valence-corrected chi connectivity index (χ2v) is 8.99. The van der Waals surface area contributed by atoms with Gasteiger partial charge < -0.3 is 25.0 Å². The smallest absolute Gasteiger partial charge is 0.338 e. The van der Waals surface area contributed by atoms with E-state index in [0.29, 0.717) is 29.6 Å². The Labute approximate surface area is 196 Å². The van der Waals surface area contributed by atoms with Crippen LogP contribution in [0.15, 0.2) is 35.5 Å². The van der Waals surface area contributed by atoms with Gasteiger partial charge >= 0.3 is 12.0 Å². The number of esters is 1. The molecule has 8 heteroatoms. The number of benzene rings is 1. The SMILES string of the molecule is CCOC(=O)C1=C(CN2CCC(N3CCCCC3)CC2)NC(=O)NC1c1ccccc1OC. The summed E-state index contributed by atoms with van der Waals surface area (Å²) >= 11 is 0. The molecule has 1 aromatic carbocycles. The van der Waals surface area contributed by atoms with Crippen LogP contribution < -0.4 is 15.4 Å². The van der Waals surface area contributed by atoms with Gasteiger partial charge in [0.25, 0.3) is 0 Å². The van der Waals surface area contributed by atoms with Gasteiger partial charge in [0.05, 0.1) is 25.3 Å². The molecule has 0 bridgehead atoms. The van der Waals surface area contributed by atoms with Gasteiger partial charge in [0.2, 0.25) is 0 Å². The van der Waals surface area contributed by atoms with Crippen LogP contribution in [0.3, 0.4) is 0 Å². The molecular formula is C25H36N4O4. The summed E-state index contributed by atoms with van der Waals surface area (Å²) in [4.78, 5) is 30.7. The van der Waals surface area contributed by atoms with E-state index in [-0.39, 0.29) is 12.6 Å². The van der Waals surface area contributed by atoms with Gasteiger partial charge in [-0.1, -0.05) is 24.6 Å². The Bertz CT molecular complexity index is 873. The van der Waals surface area contributed by atoms with Gasteiger partial charge in [0, 0.05) is 36.9 Å². The van der Waals surface area contributed by atoms with E-state index in [2.05, 4.69) is 20.4 Å². The van der Waals surface area contributed by atoms with E-state index in [0.717, 1.165) is 31.5 Å². The van der Waals surface area contributed by atoms with E-state index < -0.39 is 12.0 Å². The summed E-state index contributed by atoms with van der Waals surface area (Å²) in [6.07, 6.45) is 6.19. The van der Waals surface area contributed by atoms with Gasteiger partial charge in [-0.2, -0.15) is 0 Å². The number of urea groups is 1. The standard InChI is InChI=1S/C25H36N4O4/c1-3-33-24(30)22-20(17-28-15-11-18(12-16-28)29-13-7-4-8-14-29)26-25(31)27-23(22)19-9-5-6-10-21(19)32-2/h5-6,9-10,18,23H,3-4,7-8,11-17H2,1-2H3,(H2,26,27,31). The van der Waals surface area contributed by atoms with Crippen molar-refractivity contribution in [3.05, 3.63) is 41.1 Å². The first kappa shape index (κ1) is 23.6. The van der Waals surface area contributed by atoms with Gasteiger partial charge in [0.15, 0.2) is 0 Å². The predicted molar refractivity (Wildman–Crippen MR) is 126 cm³/mol. The van der Waals surface area contributed by atoms with Crippen LogP contribution in [0.4, 0.5) is 4.79 Å². The van der Waals surface area contributed by atoms with Crippen molar-refractivity contribution in [1.82, 2.24) is 20.4 Å². The van der Waals surface area contributed by atoms with Crippen LogP contribution in [0.2, 0.25) is 0 Å². The average molecular weight is 457 g/mol. The molecule has 0 saturated carbocycles. The van der Waals surface area contributed by atoms with E-state index in [1.165, 1.54) is 32.4 Å². The molecule has 0 radical (unpaired) electrons. The van der Waals surface area contributed by atoms with Crippen LogP contribution in [0.5, 0.6) is 5.75 Å². The highest BCUT2D eigenvalue weighted by atomic mass is 16.5. The first-order valence-electron chi connectivity index (χ1n) is 12.2. The Kier molecular flexibility index (Phi) is 7.88. The average Bonchev–Trinajstić information content (AvgIpc) is 2.84. The Morgan fingerprint density at radius 1 is 1.09 bits per heavy atom. The van der Waals surface area contributed by atoms with Crippen LogP contribution in [-0.4, -0.2) is 74.3 Å². The number of carbonyl (C=O) groups is 2. The van der Waals surface area contributed by atoms with E-state index in [4.69, 9.17) is 9.47 Å². The van der Waals surface area contributed by atoms with Crippen molar-refractivity contribution in [3.63, 3.8) is 0 Å². The van der Waals surface area contributed by atoms with E-state index in [1.54, 1.807) is 14.0 Å². The maximum Gasteiger partial charge on any atom is 0.338 e. The lowest BCUT2D eigenvalue weighted by atomic mass is 9.93. The summed E-state index contributed by atoms with van der Waals surface area (Å²) in [5.74, 6) is 0.201. The van der Waals surface area contributed by atoms with E-state index in [9.17, 15) is 9.59 Å². The fourth-order valence-electron chi connectivity index (χ4n) is 5.28. The molecule has 1 unspecified atom stereocenters. The van der Waals surface area contributed by atoms with Crippen molar-refractivity contribution in [3.8, 4) is 5.75 Å². The van der Waals surface area contributed by atoms with Crippen LogP contribution >= 0.6 is 0 Å². The van der Waals surface area contributed by atoms with Crippen molar-refractivity contribution in [2.45, 2.75) is 51.1 Å². The number of amides is 2. The molecular weight excluding hydrogens is 420 g/mol. The number of carbonyl (C=O) groups excluding carboxylic acids is 2. The number of hydrogen-bond donors (Lipinski definition) is 2. The van der Waals surface area contributed by atoms with E-state index in [1.807, 2.05) is 24.3 Å². The molecule has 8 nitrogen and oxygen atoms in total. The summed E-state index contributed by atoms with van der Waals surface area (Å²) in [5.41, 5.74) is 1.79. The molecule has 4 rings (SSSR count). The molecule has 180 valence electrons.